The van der Waals surface area contributed by atoms with Gasteiger partial charge in [-0.05, 0) is 17.6 Å². The van der Waals surface area contributed by atoms with Crippen molar-refractivity contribution in [2.45, 2.75) is 51.7 Å². The second-order valence-corrected chi connectivity index (χ2v) is 19.1. The molecule has 0 nitrogen and oxygen atoms in total. The second-order valence-electron chi connectivity index (χ2n) is 7.32. The maximum absolute atomic E-state index is 3.67. The molecule has 0 aliphatic carbocycles. The Morgan fingerprint density at radius 2 is 1.55 bits per heavy atom. The van der Waals surface area contributed by atoms with Crippen LogP contribution in [-0.2, 0) is 0 Å². The van der Waals surface area contributed by atoms with E-state index in [2.05, 4.69) is 76.2 Å². The Kier molecular flexibility index (Phi) is 9.52. The zero-order valence-electron chi connectivity index (χ0n) is 14.2. The average molecular weight is 325 g/mol. The molecule has 0 fully saturated rings. The first-order valence-corrected chi connectivity index (χ1v) is 15.7. The molecule has 1 aromatic rings. The number of benzene rings is 1. The minimum absolute atomic E-state index is 0.755. The SMILES string of the molecule is C=CSCCC[Si](C)(C)C.C[Si](C)(C)c1ccccc1. The van der Waals surface area contributed by atoms with Crippen molar-refractivity contribution in [2.75, 3.05) is 5.75 Å². The number of hydrogen-bond acceptors (Lipinski definition) is 1. The second kappa shape index (κ2) is 9.64. The van der Waals surface area contributed by atoms with Crippen LogP contribution in [0.15, 0.2) is 42.3 Å². The van der Waals surface area contributed by atoms with E-state index >= 15 is 0 Å². The van der Waals surface area contributed by atoms with Gasteiger partial charge in [-0.1, -0.05) is 87.4 Å². The summed E-state index contributed by atoms with van der Waals surface area (Å²) in [5.41, 5.74) is 0. The zero-order chi connectivity index (χ0) is 15.6. The van der Waals surface area contributed by atoms with Crippen LogP contribution in [0.25, 0.3) is 0 Å². The standard InChI is InChI=1S/C9H14Si.C8H18SSi/c1-10(2,3)9-7-5-4-6-8-9;1-5-9-7-6-8-10(2,3)4/h4-8H,1-3H3;5H,1,6-8H2,2-4H3. The molecule has 0 aliphatic heterocycles. The minimum atomic E-state index is -1.03. The van der Waals surface area contributed by atoms with Crippen LogP contribution in [0.3, 0.4) is 0 Å². The Hall–Kier alpha value is -0.256. The first-order valence-electron chi connectivity index (χ1n) is 7.45. The van der Waals surface area contributed by atoms with Gasteiger partial charge in [0.1, 0.15) is 0 Å². The molecular formula is C17H32SSi2. The summed E-state index contributed by atoms with van der Waals surface area (Å²) in [7, 11) is -1.79. The lowest BCUT2D eigenvalue weighted by atomic mass is 10.4. The molecule has 0 aromatic heterocycles. The molecule has 1 rings (SSSR count). The molecule has 0 aliphatic rings. The van der Waals surface area contributed by atoms with Crippen LogP contribution >= 0.6 is 11.8 Å². The van der Waals surface area contributed by atoms with Gasteiger partial charge in [0, 0.05) is 8.07 Å². The van der Waals surface area contributed by atoms with Crippen LogP contribution in [-0.4, -0.2) is 21.9 Å². The van der Waals surface area contributed by atoms with Gasteiger partial charge in [-0.2, -0.15) is 0 Å². The van der Waals surface area contributed by atoms with Crippen molar-refractivity contribution in [3.8, 4) is 0 Å². The highest BCUT2D eigenvalue weighted by Gasteiger charge is 2.14. The van der Waals surface area contributed by atoms with E-state index in [1.807, 2.05) is 17.2 Å². The van der Waals surface area contributed by atoms with E-state index in [1.54, 1.807) is 0 Å². The molecule has 1 aromatic carbocycles. The molecule has 0 saturated heterocycles. The molecule has 0 radical (unpaired) electrons. The lowest BCUT2D eigenvalue weighted by molar-refractivity contribution is 1.07. The monoisotopic (exact) mass is 324 g/mol. The molecule has 0 bridgehead atoms. The van der Waals surface area contributed by atoms with Crippen molar-refractivity contribution in [1.29, 1.82) is 0 Å². The van der Waals surface area contributed by atoms with Crippen LogP contribution in [0, 0.1) is 0 Å². The molecule has 114 valence electrons. The fourth-order valence-electron chi connectivity index (χ4n) is 1.71. The third kappa shape index (κ3) is 11.6. The Morgan fingerprint density at radius 1 is 1.00 bits per heavy atom. The predicted molar refractivity (Wildman–Crippen MR) is 105 cm³/mol. The van der Waals surface area contributed by atoms with Crippen LogP contribution in [0.4, 0.5) is 0 Å². The van der Waals surface area contributed by atoms with Crippen molar-refractivity contribution in [3.63, 3.8) is 0 Å². The summed E-state index contributed by atoms with van der Waals surface area (Å²) in [5.74, 6) is 1.26. The predicted octanol–water partition coefficient (Wildman–Crippen LogP) is 5.82. The fraction of sp³-hybridized carbons (Fsp3) is 0.529. The highest BCUT2D eigenvalue weighted by molar-refractivity contribution is 8.02. The largest absolute Gasteiger partial charge is 0.135 e. The van der Waals surface area contributed by atoms with E-state index in [-0.39, 0.29) is 0 Å². The molecule has 0 spiro atoms. The van der Waals surface area contributed by atoms with Crippen molar-refractivity contribution < 1.29 is 0 Å². The summed E-state index contributed by atoms with van der Waals surface area (Å²) < 4.78 is 0. The van der Waals surface area contributed by atoms with Gasteiger partial charge in [0.05, 0.1) is 8.07 Å². The quantitative estimate of drug-likeness (QED) is 0.469. The van der Waals surface area contributed by atoms with Crippen LogP contribution < -0.4 is 5.19 Å². The highest BCUT2D eigenvalue weighted by Crippen LogP contribution is 2.14. The van der Waals surface area contributed by atoms with E-state index in [9.17, 15) is 0 Å². The van der Waals surface area contributed by atoms with Crippen molar-refractivity contribution >= 4 is 33.1 Å². The number of rotatable bonds is 6. The lowest BCUT2D eigenvalue weighted by Gasteiger charge is -2.15. The molecule has 0 amide bonds. The zero-order valence-corrected chi connectivity index (χ0v) is 17.0. The molecule has 0 heterocycles. The first kappa shape index (κ1) is 19.7. The lowest BCUT2D eigenvalue weighted by Crippen LogP contribution is -2.37. The van der Waals surface area contributed by atoms with Gasteiger partial charge >= 0.3 is 0 Å². The van der Waals surface area contributed by atoms with Gasteiger partial charge in [-0.15, -0.1) is 11.8 Å². The Morgan fingerprint density at radius 3 is 1.90 bits per heavy atom. The third-order valence-corrected chi connectivity index (χ3v) is 7.63. The highest BCUT2D eigenvalue weighted by atomic mass is 32.2. The summed E-state index contributed by atoms with van der Waals surface area (Å²) >= 11 is 1.83. The van der Waals surface area contributed by atoms with E-state index in [1.165, 1.54) is 23.4 Å². The van der Waals surface area contributed by atoms with Crippen LogP contribution in [0.2, 0.25) is 45.3 Å². The molecule has 3 heteroatoms. The molecule has 20 heavy (non-hydrogen) atoms. The summed E-state index contributed by atoms with van der Waals surface area (Å²) in [6.07, 6.45) is 1.37. The molecule has 0 N–H and O–H groups in total. The Labute approximate surface area is 133 Å². The molecule has 0 unspecified atom stereocenters. The Balaban J connectivity index is 0.000000361. The Bertz CT molecular complexity index is 361. The average Bonchev–Trinajstić information content (AvgIpc) is 2.34. The normalized spacial score (nSPS) is 11.5. The fourth-order valence-corrected chi connectivity index (χ4v) is 4.87. The summed E-state index contributed by atoms with van der Waals surface area (Å²) in [6.45, 7) is 18.0. The van der Waals surface area contributed by atoms with E-state index in [0.717, 1.165) is 0 Å². The summed E-state index contributed by atoms with van der Waals surface area (Å²) in [5, 5.41) is 3.47. The minimum Gasteiger partial charge on any atom is -0.135 e. The van der Waals surface area contributed by atoms with Crippen LogP contribution in [0.5, 0.6) is 0 Å². The topological polar surface area (TPSA) is 0 Å². The first-order chi connectivity index (χ1) is 9.17. The van der Waals surface area contributed by atoms with Gasteiger partial charge in [0.25, 0.3) is 0 Å². The van der Waals surface area contributed by atoms with Gasteiger partial charge < -0.3 is 0 Å². The summed E-state index contributed by atoms with van der Waals surface area (Å²) in [4.78, 5) is 0. The number of thioether (sulfide) groups is 1. The maximum atomic E-state index is 3.67. The molecule has 0 saturated carbocycles. The number of hydrogen-bond donors (Lipinski definition) is 0. The van der Waals surface area contributed by atoms with Crippen molar-refractivity contribution in [3.05, 3.63) is 42.3 Å². The maximum Gasteiger partial charge on any atom is 0.0775 e. The van der Waals surface area contributed by atoms with E-state index in [4.69, 9.17) is 0 Å². The van der Waals surface area contributed by atoms with Gasteiger partial charge in [-0.3, -0.25) is 0 Å². The summed E-state index contributed by atoms with van der Waals surface area (Å²) in [6, 6.07) is 12.2. The van der Waals surface area contributed by atoms with Crippen molar-refractivity contribution in [1.82, 2.24) is 0 Å². The van der Waals surface area contributed by atoms with Gasteiger partial charge in [-0.25, -0.2) is 0 Å². The smallest absolute Gasteiger partial charge is 0.0775 e. The van der Waals surface area contributed by atoms with Crippen LogP contribution in [0.1, 0.15) is 6.42 Å². The van der Waals surface area contributed by atoms with Gasteiger partial charge in [0.2, 0.25) is 0 Å². The van der Waals surface area contributed by atoms with E-state index in [0.29, 0.717) is 0 Å². The molecule has 0 atom stereocenters. The van der Waals surface area contributed by atoms with Crippen molar-refractivity contribution in [2.24, 2.45) is 0 Å². The van der Waals surface area contributed by atoms with Gasteiger partial charge in [0.15, 0.2) is 0 Å². The molecular weight excluding hydrogens is 292 g/mol. The third-order valence-electron chi connectivity index (χ3n) is 2.95. The van der Waals surface area contributed by atoms with E-state index < -0.39 is 16.1 Å².